The lowest BCUT2D eigenvalue weighted by molar-refractivity contribution is -0.121. The molecule has 0 radical (unpaired) electrons. The third-order valence-electron chi connectivity index (χ3n) is 4.32. The monoisotopic (exact) mass is 423 g/mol. The SMILES string of the molecule is O=C(C[C@@H](NC(=O)c1ccccc1)c1ccccc1)N/N=C\c1c(F)cccc1Cl. The highest BCUT2D eigenvalue weighted by Gasteiger charge is 2.19. The minimum Gasteiger partial charge on any atom is -0.345 e. The van der Waals surface area contributed by atoms with Gasteiger partial charge in [0.1, 0.15) is 5.82 Å². The van der Waals surface area contributed by atoms with Gasteiger partial charge in [-0.3, -0.25) is 9.59 Å². The Kier molecular flexibility index (Phi) is 7.29. The first-order chi connectivity index (χ1) is 14.5. The van der Waals surface area contributed by atoms with Crippen LogP contribution in [-0.4, -0.2) is 18.0 Å². The average molecular weight is 424 g/mol. The average Bonchev–Trinajstić information content (AvgIpc) is 2.76. The number of carbonyl (C=O) groups excluding carboxylic acids is 2. The van der Waals surface area contributed by atoms with E-state index in [0.29, 0.717) is 5.56 Å². The van der Waals surface area contributed by atoms with Crippen molar-refractivity contribution in [3.8, 4) is 0 Å². The quantitative estimate of drug-likeness (QED) is 0.434. The van der Waals surface area contributed by atoms with Crippen LogP contribution in [0.3, 0.4) is 0 Å². The smallest absolute Gasteiger partial charge is 0.251 e. The number of carbonyl (C=O) groups is 2. The summed E-state index contributed by atoms with van der Waals surface area (Å²) in [6.07, 6.45) is 1.10. The van der Waals surface area contributed by atoms with Gasteiger partial charge in [0.15, 0.2) is 0 Å². The van der Waals surface area contributed by atoms with Crippen molar-refractivity contribution in [3.63, 3.8) is 0 Å². The highest BCUT2D eigenvalue weighted by Crippen LogP contribution is 2.18. The molecule has 2 N–H and O–H groups in total. The molecule has 30 heavy (non-hydrogen) atoms. The van der Waals surface area contributed by atoms with Gasteiger partial charge in [0.2, 0.25) is 5.91 Å². The van der Waals surface area contributed by atoms with E-state index in [-0.39, 0.29) is 22.9 Å². The van der Waals surface area contributed by atoms with Crippen LogP contribution < -0.4 is 10.7 Å². The largest absolute Gasteiger partial charge is 0.345 e. The van der Waals surface area contributed by atoms with Gasteiger partial charge < -0.3 is 5.32 Å². The van der Waals surface area contributed by atoms with Crippen LogP contribution in [0.1, 0.15) is 33.9 Å². The lowest BCUT2D eigenvalue weighted by Gasteiger charge is -2.18. The Balaban J connectivity index is 1.69. The molecular formula is C23H19ClFN3O2. The zero-order valence-electron chi connectivity index (χ0n) is 15.9. The van der Waals surface area contributed by atoms with Gasteiger partial charge in [-0.05, 0) is 29.8 Å². The molecule has 0 unspecified atom stereocenters. The van der Waals surface area contributed by atoms with Crippen molar-refractivity contribution in [2.45, 2.75) is 12.5 Å². The van der Waals surface area contributed by atoms with Crippen molar-refractivity contribution < 1.29 is 14.0 Å². The second-order valence-corrected chi connectivity index (χ2v) is 6.84. The Morgan fingerprint density at radius 2 is 1.63 bits per heavy atom. The number of hydrazone groups is 1. The van der Waals surface area contributed by atoms with Crippen molar-refractivity contribution in [2.75, 3.05) is 0 Å². The summed E-state index contributed by atoms with van der Waals surface area (Å²) in [6.45, 7) is 0. The first-order valence-corrected chi connectivity index (χ1v) is 9.59. The Hall–Kier alpha value is -3.51. The molecule has 7 heteroatoms. The Labute approximate surface area is 178 Å². The molecule has 0 spiro atoms. The molecule has 0 bridgehead atoms. The summed E-state index contributed by atoms with van der Waals surface area (Å²) < 4.78 is 13.8. The fraction of sp³-hybridized carbons (Fsp3) is 0.0870. The van der Waals surface area contributed by atoms with E-state index in [1.807, 2.05) is 36.4 Å². The molecule has 3 aromatic carbocycles. The number of rotatable bonds is 7. The van der Waals surface area contributed by atoms with Crippen LogP contribution in [0.2, 0.25) is 5.02 Å². The molecule has 0 fully saturated rings. The Bertz CT molecular complexity index is 1020. The maximum absolute atomic E-state index is 13.8. The van der Waals surface area contributed by atoms with Gasteiger partial charge in [-0.15, -0.1) is 0 Å². The van der Waals surface area contributed by atoms with Crippen LogP contribution in [0.25, 0.3) is 0 Å². The topological polar surface area (TPSA) is 70.6 Å². The van der Waals surface area contributed by atoms with E-state index in [1.54, 1.807) is 24.3 Å². The maximum atomic E-state index is 13.8. The van der Waals surface area contributed by atoms with E-state index >= 15 is 0 Å². The number of hydrogen-bond donors (Lipinski definition) is 2. The van der Waals surface area contributed by atoms with Crippen LogP contribution in [0.15, 0.2) is 84.0 Å². The zero-order chi connectivity index (χ0) is 21.3. The normalized spacial score (nSPS) is 11.8. The minimum atomic E-state index is -0.564. The molecule has 0 saturated heterocycles. The first-order valence-electron chi connectivity index (χ1n) is 9.21. The number of amides is 2. The van der Waals surface area contributed by atoms with E-state index in [1.165, 1.54) is 18.2 Å². The number of halogens is 2. The van der Waals surface area contributed by atoms with Crippen LogP contribution in [0, 0.1) is 5.82 Å². The fourth-order valence-electron chi connectivity index (χ4n) is 2.80. The van der Waals surface area contributed by atoms with Crippen LogP contribution in [0.4, 0.5) is 4.39 Å². The summed E-state index contributed by atoms with van der Waals surface area (Å²) in [5.41, 5.74) is 3.70. The lowest BCUT2D eigenvalue weighted by Crippen LogP contribution is -2.32. The van der Waals surface area contributed by atoms with Crippen LogP contribution >= 0.6 is 11.6 Å². The van der Waals surface area contributed by atoms with Gasteiger partial charge in [-0.25, -0.2) is 9.82 Å². The highest BCUT2D eigenvalue weighted by molar-refractivity contribution is 6.33. The molecular weight excluding hydrogens is 405 g/mol. The van der Waals surface area contributed by atoms with Crippen molar-refractivity contribution in [3.05, 3.63) is 106 Å². The van der Waals surface area contributed by atoms with E-state index in [9.17, 15) is 14.0 Å². The molecule has 5 nitrogen and oxygen atoms in total. The summed E-state index contributed by atoms with van der Waals surface area (Å²) in [7, 11) is 0. The molecule has 0 aliphatic heterocycles. The van der Waals surface area contributed by atoms with Crippen molar-refractivity contribution >= 4 is 29.6 Å². The maximum Gasteiger partial charge on any atom is 0.251 e. The molecule has 3 aromatic rings. The van der Waals surface area contributed by atoms with Crippen LogP contribution in [0.5, 0.6) is 0 Å². The summed E-state index contributed by atoms with van der Waals surface area (Å²) in [4.78, 5) is 25.0. The highest BCUT2D eigenvalue weighted by atomic mass is 35.5. The van der Waals surface area contributed by atoms with Gasteiger partial charge >= 0.3 is 0 Å². The number of hydrogen-bond acceptors (Lipinski definition) is 3. The minimum absolute atomic E-state index is 0.0507. The van der Waals surface area contributed by atoms with Crippen molar-refractivity contribution in [1.29, 1.82) is 0 Å². The fourth-order valence-corrected chi connectivity index (χ4v) is 3.01. The molecule has 152 valence electrons. The van der Waals surface area contributed by atoms with Gasteiger partial charge in [-0.2, -0.15) is 5.10 Å². The second kappa shape index (κ2) is 10.3. The van der Waals surface area contributed by atoms with Crippen molar-refractivity contribution in [1.82, 2.24) is 10.7 Å². The Morgan fingerprint density at radius 1 is 0.967 bits per heavy atom. The number of nitrogens with zero attached hydrogens (tertiary/aromatic N) is 1. The second-order valence-electron chi connectivity index (χ2n) is 6.44. The summed E-state index contributed by atoms with van der Waals surface area (Å²) in [5, 5.41) is 6.85. The molecule has 2 amide bonds. The van der Waals surface area contributed by atoms with Gasteiger partial charge in [0.05, 0.1) is 23.7 Å². The summed E-state index contributed by atoms with van der Waals surface area (Å²) in [5.74, 6) is -1.28. The molecule has 0 aromatic heterocycles. The van der Waals surface area contributed by atoms with Gasteiger partial charge in [-0.1, -0.05) is 66.2 Å². The number of benzene rings is 3. The van der Waals surface area contributed by atoms with Crippen LogP contribution in [-0.2, 0) is 4.79 Å². The molecule has 1 atom stereocenters. The van der Waals surface area contributed by atoms with E-state index < -0.39 is 17.8 Å². The van der Waals surface area contributed by atoms with Gasteiger partial charge in [0, 0.05) is 11.1 Å². The van der Waals surface area contributed by atoms with Crippen molar-refractivity contribution in [2.24, 2.45) is 5.10 Å². The molecule has 0 aliphatic rings. The molecule has 0 heterocycles. The third-order valence-corrected chi connectivity index (χ3v) is 4.64. The van der Waals surface area contributed by atoms with E-state index in [4.69, 9.17) is 11.6 Å². The zero-order valence-corrected chi connectivity index (χ0v) is 16.6. The van der Waals surface area contributed by atoms with Gasteiger partial charge in [0.25, 0.3) is 5.91 Å². The first kappa shape index (κ1) is 21.2. The molecule has 3 rings (SSSR count). The molecule has 0 saturated carbocycles. The van der Waals surface area contributed by atoms with E-state index in [2.05, 4.69) is 15.8 Å². The summed E-state index contributed by atoms with van der Waals surface area (Å²) in [6, 6.07) is 21.6. The Morgan fingerprint density at radius 3 is 2.30 bits per heavy atom. The predicted molar refractivity (Wildman–Crippen MR) is 115 cm³/mol. The standard InChI is InChI=1S/C23H19ClFN3O2/c24-19-12-7-13-20(25)18(19)15-26-28-22(29)14-21(16-8-3-1-4-9-16)27-23(30)17-10-5-2-6-11-17/h1-13,15,21H,14H2,(H,27,30)(H,28,29)/b26-15-/t21-/m1/s1. The lowest BCUT2D eigenvalue weighted by atomic mass is 10.0. The third kappa shape index (κ3) is 5.75. The molecule has 0 aliphatic carbocycles. The number of nitrogens with one attached hydrogen (secondary N) is 2. The predicted octanol–water partition coefficient (Wildman–Crippen LogP) is 4.49. The summed E-state index contributed by atoms with van der Waals surface area (Å²) >= 11 is 5.93. The van der Waals surface area contributed by atoms with E-state index in [0.717, 1.165) is 11.8 Å².